The molecule has 2 aromatic rings. The number of nitriles is 1. The van der Waals surface area contributed by atoms with Crippen molar-refractivity contribution in [2.45, 2.75) is 6.61 Å². The maximum Gasteiger partial charge on any atom is 0.137 e. The highest BCUT2D eigenvalue weighted by atomic mass is 79.9. The second-order valence-corrected chi connectivity index (χ2v) is 5.04. The quantitative estimate of drug-likeness (QED) is 0.812. The lowest BCUT2D eigenvalue weighted by Gasteiger charge is -2.08. The first kappa shape index (κ1) is 13.9. The van der Waals surface area contributed by atoms with Gasteiger partial charge in [0.25, 0.3) is 0 Å². The minimum absolute atomic E-state index is 0.253. The van der Waals surface area contributed by atoms with E-state index in [-0.39, 0.29) is 12.4 Å². The first-order valence-electron chi connectivity index (χ1n) is 5.36. The van der Waals surface area contributed by atoms with Crippen LogP contribution in [0.3, 0.4) is 0 Å². The highest BCUT2D eigenvalue weighted by molar-refractivity contribution is 9.10. The second-order valence-electron chi connectivity index (χ2n) is 3.78. The molecular formula is C14H8BrClFNO. The molecule has 0 fully saturated rings. The molecule has 0 atom stereocenters. The summed E-state index contributed by atoms with van der Waals surface area (Å²) in [4.78, 5) is 0. The Bertz CT molecular complexity index is 654. The Kier molecular flexibility index (Phi) is 4.41. The molecular weight excluding hydrogens is 333 g/mol. The van der Waals surface area contributed by atoms with Crippen LogP contribution in [-0.4, -0.2) is 0 Å². The summed E-state index contributed by atoms with van der Waals surface area (Å²) in [6.45, 7) is 0.253. The predicted molar refractivity (Wildman–Crippen MR) is 74.6 cm³/mol. The molecule has 0 aliphatic rings. The first-order chi connectivity index (χ1) is 9.10. The smallest absolute Gasteiger partial charge is 0.137 e. The Labute approximate surface area is 123 Å². The lowest BCUT2D eigenvalue weighted by Crippen LogP contribution is -1.97. The molecule has 5 heteroatoms. The van der Waals surface area contributed by atoms with E-state index < -0.39 is 0 Å². The zero-order valence-corrected chi connectivity index (χ0v) is 12.0. The third kappa shape index (κ3) is 3.46. The van der Waals surface area contributed by atoms with Gasteiger partial charge in [-0.15, -0.1) is 0 Å². The van der Waals surface area contributed by atoms with Crippen LogP contribution >= 0.6 is 27.5 Å². The molecule has 0 bridgehead atoms. The van der Waals surface area contributed by atoms with Crippen molar-refractivity contribution < 1.29 is 9.13 Å². The molecule has 0 spiro atoms. The fraction of sp³-hybridized carbons (Fsp3) is 0.0714. The number of hydrogen-bond acceptors (Lipinski definition) is 2. The van der Waals surface area contributed by atoms with Crippen molar-refractivity contribution in [3.05, 3.63) is 62.8 Å². The van der Waals surface area contributed by atoms with Gasteiger partial charge in [0, 0.05) is 10.6 Å². The normalized spacial score (nSPS) is 10.0. The predicted octanol–water partition coefficient (Wildman–Crippen LogP) is 4.69. The van der Waals surface area contributed by atoms with Crippen LogP contribution in [0.1, 0.15) is 11.1 Å². The number of nitrogens with zero attached hydrogens (tertiary/aromatic N) is 1. The van der Waals surface area contributed by atoms with Gasteiger partial charge >= 0.3 is 0 Å². The Hall–Kier alpha value is -1.57. The van der Waals surface area contributed by atoms with E-state index in [0.29, 0.717) is 20.8 Å². The standard InChI is InChI=1S/C14H8BrClFNO/c15-12-6-11(3-4-14(12)17)19-8-10-2-1-9(7-18)5-13(10)16/h1-6H,8H2. The minimum atomic E-state index is -0.344. The molecule has 2 nitrogen and oxygen atoms in total. The Balaban J connectivity index is 2.10. The van der Waals surface area contributed by atoms with Crippen molar-refractivity contribution in [1.82, 2.24) is 0 Å². The van der Waals surface area contributed by atoms with Gasteiger partial charge in [-0.1, -0.05) is 17.7 Å². The summed E-state index contributed by atoms with van der Waals surface area (Å²) in [5.74, 6) is 0.192. The van der Waals surface area contributed by atoms with Crippen molar-refractivity contribution in [1.29, 1.82) is 5.26 Å². The molecule has 0 aliphatic heterocycles. The van der Waals surface area contributed by atoms with Crippen LogP contribution in [0.4, 0.5) is 4.39 Å². The van der Waals surface area contributed by atoms with Crippen LogP contribution < -0.4 is 4.74 Å². The molecule has 0 radical (unpaired) electrons. The van der Waals surface area contributed by atoms with Gasteiger partial charge in [-0.05, 0) is 46.3 Å². The number of halogens is 3. The third-order valence-corrected chi connectivity index (χ3v) is 3.43. The van der Waals surface area contributed by atoms with Crippen molar-refractivity contribution in [3.63, 3.8) is 0 Å². The van der Waals surface area contributed by atoms with E-state index >= 15 is 0 Å². The average Bonchev–Trinajstić information content (AvgIpc) is 2.41. The second kappa shape index (κ2) is 6.05. The largest absolute Gasteiger partial charge is 0.489 e. The Morgan fingerprint density at radius 3 is 2.68 bits per heavy atom. The van der Waals surface area contributed by atoms with E-state index in [1.54, 1.807) is 24.3 Å². The van der Waals surface area contributed by atoms with Crippen molar-refractivity contribution >= 4 is 27.5 Å². The number of hydrogen-bond donors (Lipinski definition) is 0. The summed E-state index contributed by atoms with van der Waals surface area (Å²) in [5.41, 5.74) is 1.26. The molecule has 2 aromatic carbocycles. The minimum Gasteiger partial charge on any atom is -0.489 e. The van der Waals surface area contributed by atoms with Crippen LogP contribution in [0.5, 0.6) is 5.75 Å². The molecule has 2 rings (SSSR count). The van der Waals surface area contributed by atoms with Gasteiger partial charge in [0.1, 0.15) is 18.2 Å². The summed E-state index contributed by atoms with van der Waals surface area (Å²) in [7, 11) is 0. The summed E-state index contributed by atoms with van der Waals surface area (Å²) in [6.07, 6.45) is 0. The van der Waals surface area contributed by atoms with Gasteiger partial charge in [-0.25, -0.2) is 4.39 Å². The lowest BCUT2D eigenvalue weighted by atomic mass is 10.1. The monoisotopic (exact) mass is 339 g/mol. The Morgan fingerprint density at radius 2 is 2.05 bits per heavy atom. The van der Waals surface area contributed by atoms with E-state index in [0.717, 1.165) is 5.56 Å². The molecule has 19 heavy (non-hydrogen) atoms. The topological polar surface area (TPSA) is 33.0 Å². The van der Waals surface area contributed by atoms with E-state index in [4.69, 9.17) is 21.6 Å². The maximum absolute atomic E-state index is 13.1. The number of ether oxygens (including phenoxy) is 1. The summed E-state index contributed by atoms with van der Waals surface area (Å²) >= 11 is 9.12. The SMILES string of the molecule is N#Cc1ccc(COc2ccc(F)c(Br)c2)c(Cl)c1. The van der Waals surface area contributed by atoms with Gasteiger partial charge in [0.2, 0.25) is 0 Å². The van der Waals surface area contributed by atoms with Crippen LogP contribution in [0.2, 0.25) is 5.02 Å². The molecule has 0 N–H and O–H groups in total. The molecule has 0 aromatic heterocycles. The molecule has 0 aliphatic carbocycles. The van der Waals surface area contributed by atoms with E-state index in [1.165, 1.54) is 12.1 Å². The van der Waals surface area contributed by atoms with Crippen molar-refractivity contribution in [3.8, 4) is 11.8 Å². The van der Waals surface area contributed by atoms with Crippen molar-refractivity contribution in [2.24, 2.45) is 0 Å². The van der Waals surface area contributed by atoms with Gasteiger partial charge in [-0.3, -0.25) is 0 Å². The zero-order chi connectivity index (χ0) is 13.8. The van der Waals surface area contributed by atoms with Gasteiger partial charge in [-0.2, -0.15) is 5.26 Å². The van der Waals surface area contributed by atoms with Gasteiger partial charge in [0.05, 0.1) is 16.1 Å². The number of rotatable bonds is 3. The van der Waals surface area contributed by atoms with Crippen LogP contribution in [0.15, 0.2) is 40.9 Å². The molecule has 0 saturated carbocycles. The fourth-order valence-corrected chi connectivity index (χ4v) is 2.05. The molecule has 0 unspecified atom stereocenters. The highest BCUT2D eigenvalue weighted by Gasteiger charge is 2.05. The first-order valence-corrected chi connectivity index (χ1v) is 6.53. The summed E-state index contributed by atoms with van der Waals surface area (Å²) in [6, 6.07) is 11.4. The summed E-state index contributed by atoms with van der Waals surface area (Å²) in [5, 5.41) is 9.21. The van der Waals surface area contributed by atoms with Gasteiger partial charge in [0.15, 0.2) is 0 Å². The maximum atomic E-state index is 13.1. The lowest BCUT2D eigenvalue weighted by molar-refractivity contribution is 0.305. The van der Waals surface area contributed by atoms with Crippen LogP contribution in [-0.2, 0) is 6.61 Å². The summed E-state index contributed by atoms with van der Waals surface area (Å²) < 4.78 is 18.9. The van der Waals surface area contributed by atoms with E-state index in [1.807, 2.05) is 6.07 Å². The molecule has 96 valence electrons. The van der Waals surface area contributed by atoms with Gasteiger partial charge < -0.3 is 4.74 Å². The molecule has 0 amide bonds. The highest BCUT2D eigenvalue weighted by Crippen LogP contribution is 2.24. The van der Waals surface area contributed by atoms with Crippen molar-refractivity contribution in [2.75, 3.05) is 0 Å². The Morgan fingerprint density at radius 1 is 1.26 bits per heavy atom. The molecule has 0 heterocycles. The third-order valence-electron chi connectivity index (χ3n) is 2.47. The fourth-order valence-electron chi connectivity index (χ4n) is 1.46. The molecule has 0 saturated heterocycles. The van der Waals surface area contributed by atoms with E-state index in [9.17, 15) is 4.39 Å². The van der Waals surface area contributed by atoms with Crippen LogP contribution in [0.25, 0.3) is 0 Å². The number of benzene rings is 2. The average molecular weight is 341 g/mol. The van der Waals surface area contributed by atoms with E-state index in [2.05, 4.69) is 15.9 Å². The zero-order valence-electron chi connectivity index (χ0n) is 9.66. The van der Waals surface area contributed by atoms with Crippen LogP contribution in [0, 0.1) is 17.1 Å².